The first-order chi connectivity index (χ1) is 10.6. The Morgan fingerprint density at radius 1 is 1.18 bits per heavy atom. The monoisotopic (exact) mass is 299 g/mol. The number of hydrogen-bond donors (Lipinski definition) is 0. The fourth-order valence-electron chi connectivity index (χ4n) is 2.74. The molecule has 1 heterocycles. The fraction of sp³-hybridized carbons (Fsp3) is 0.444. The van der Waals surface area contributed by atoms with E-state index < -0.39 is 0 Å². The molecule has 0 radical (unpaired) electrons. The van der Waals surface area contributed by atoms with Crippen LogP contribution in [0.25, 0.3) is 11.3 Å². The van der Waals surface area contributed by atoms with Crippen LogP contribution in [-0.4, -0.2) is 33.7 Å². The molecule has 0 aliphatic heterocycles. The predicted octanol–water partition coefficient (Wildman–Crippen LogP) is 3.68. The van der Waals surface area contributed by atoms with Crippen LogP contribution in [-0.2, 0) is 4.79 Å². The molecule has 2 rings (SSSR count). The summed E-state index contributed by atoms with van der Waals surface area (Å²) in [6.45, 7) is 9.57. The van der Waals surface area contributed by atoms with Gasteiger partial charge in [0.15, 0.2) is 0 Å². The highest BCUT2D eigenvalue weighted by Crippen LogP contribution is 2.24. The smallest absolute Gasteiger partial charge is 0.247 e. The third kappa shape index (κ3) is 3.21. The molecule has 22 heavy (non-hydrogen) atoms. The summed E-state index contributed by atoms with van der Waals surface area (Å²) >= 11 is 0. The van der Waals surface area contributed by atoms with E-state index in [4.69, 9.17) is 5.10 Å². The summed E-state index contributed by atoms with van der Waals surface area (Å²) in [5, 5.41) is 4.69. The molecule has 1 unspecified atom stereocenters. The summed E-state index contributed by atoms with van der Waals surface area (Å²) in [5.41, 5.74) is 3.13. The van der Waals surface area contributed by atoms with Crippen molar-refractivity contribution in [1.29, 1.82) is 0 Å². The lowest BCUT2D eigenvalue weighted by Gasteiger charge is -2.24. The summed E-state index contributed by atoms with van der Waals surface area (Å²) in [5.74, 6) is 0.148. The first-order valence-electron chi connectivity index (χ1n) is 8.02. The number of benzene rings is 1. The van der Waals surface area contributed by atoms with Crippen LogP contribution in [0.15, 0.2) is 36.5 Å². The van der Waals surface area contributed by atoms with Crippen LogP contribution in [0, 0.1) is 6.92 Å². The Morgan fingerprint density at radius 3 is 2.36 bits per heavy atom. The van der Waals surface area contributed by atoms with E-state index in [1.165, 1.54) is 0 Å². The highest BCUT2D eigenvalue weighted by molar-refractivity contribution is 5.80. The van der Waals surface area contributed by atoms with Gasteiger partial charge in [-0.3, -0.25) is 9.48 Å². The van der Waals surface area contributed by atoms with E-state index in [0.29, 0.717) is 0 Å². The lowest BCUT2D eigenvalue weighted by atomic mass is 10.1. The van der Waals surface area contributed by atoms with E-state index in [0.717, 1.165) is 36.3 Å². The van der Waals surface area contributed by atoms with Gasteiger partial charge in [-0.25, -0.2) is 0 Å². The average Bonchev–Trinajstić information content (AvgIpc) is 2.92. The molecule has 0 saturated carbocycles. The minimum Gasteiger partial charge on any atom is -0.341 e. The molecule has 118 valence electrons. The number of hydrogen-bond acceptors (Lipinski definition) is 2. The molecule has 0 aliphatic carbocycles. The molecule has 0 aliphatic rings. The minimum atomic E-state index is -0.226. The summed E-state index contributed by atoms with van der Waals surface area (Å²) in [6, 6.07) is 9.88. The van der Waals surface area contributed by atoms with Gasteiger partial charge in [-0.2, -0.15) is 5.10 Å². The number of likely N-dealkylation sites (N-methyl/N-ethyl adjacent to an activating group) is 1. The maximum Gasteiger partial charge on any atom is 0.247 e. The highest BCUT2D eigenvalue weighted by Gasteiger charge is 2.24. The molecular weight excluding hydrogens is 274 g/mol. The van der Waals surface area contributed by atoms with Crippen LogP contribution in [0.2, 0.25) is 0 Å². The van der Waals surface area contributed by atoms with Crippen molar-refractivity contribution in [2.24, 2.45) is 0 Å². The lowest BCUT2D eigenvalue weighted by Crippen LogP contribution is -2.37. The summed E-state index contributed by atoms with van der Waals surface area (Å²) in [7, 11) is 0. The van der Waals surface area contributed by atoms with Gasteiger partial charge in [0.25, 0.3) is 0 Å². The van der Waals surface area contributed by atoms with E-state index >= 15 is 0 Å². The molecule has 0 spiro atoms. The molecule has 0 bridgehead atoms. The van der Waals surface area contributed by atoms with E-state index in [9.17, 15) is 4.79 Å². The van der Waals surface area contributed by atoms with Gasteiger partial charge < -0.3 is 4.90 Å². The lowest BCUT2D eigenvalue weighted by molar-refractivity contribution is -0.134. The van der Waals surface area contributed by atoms with Crippen molar-refractivity contribution >= 4 is 5.91 Å². The zero-order chi connectivity index (χ0) is 16.1. The fourth-order valence-corrected chi connectivity index (χ4v) is 2.74. The maximum atomic E-state index is 12.7. The number of aromatic nitrogens is 2. The Balaban J connectivity index is 2.34. The van der Waals surface area contributed by atoms with E-state index in [-0.39, 0.29) is 11.9 Å². The van der Waals surface area contributed by atoms with Crippen LogP contribution < -0.4 is 0 Å². The Morgan fingerprint density at radius 2 is 1.82 bits per heavy atom. The van der Waals surface area contributed by atoms with Gasteiger partial charge in [-0.1, -0.05) is 37.3 Å². The van der Waals surface area contributed by atoms with Crippen molar-refractivity contribution in [3.63, 3.8) is 0 Å². The molecule has 1 aromatic heterocycles. The standard InChI is InChI=1S/C18H25N3O/c1-5-16(18(22)20(6-2)7-3)21-13-14(4)17(19-21)15-11-9-8-10-12-15/h8-13,16H,5-7H2,1-4H3. The first kappa shape index (κ1) is 16.3. The number of rotatable bonds is 6. The van der Waals surface area contributed by atoms with Gasteiger partial charge in [0.1, 0.15) is 6.04 Å². The zero-order valence-electron chi connectivity index (χ0n) is 13.9. The zero-order valence-corrected chi connectivity index (χ0v) is 13.9. The molecule has 0 saturated heterocycles. The van der Waals surface area contributed by atoms with Crippen LogP contribution in [0.4, 0.5) is 0 Å². The predicted molar refractivity (Wildman–Crippen MR) is 89.7 cm³/mol. The van der Waals surface area contributed by atoms with Gasteiger partial charge in [0.05, 0.1) is 5.69 Å². The highest BCUT2D eigenvalue weighted by atomic mass is 16.2. The molecule has 1 aromatic carbocycles. The molecular formula is C18H25N3O. The second-order valence-electron chi connectivity index (χ2n) is 5.44. The Kier molecular flexibility index (Phi) is 5.36. The van der Waals surface area contributed by atoms with Gasteiger partial charge in [0, 0.05) is 24.8 Å². The number of nitrogens with zero attached hydrogens (tertiary/aromatic N) is 3. The van der Waals surface area contributed by atoms with Gasteiger partial charge in [-0.05, 0) is 32.8 Å². The Labute approximate surface area is 132 Å². The number of amides is 1. The summed E-state index contributed by atoms with van der Waals surface area (Å²) in [4.78, 5) is 14.5. The van der Waals surface area contributed by atoms with Crippen molar-refractivity contribution in [2.45, 2.75) is 40.2 Å². The van der Waals surface area contributed by atoms with Crippen LogP contribution >= 0.6 is 0 Å². The third-order valence-corrected chi connectivity index (χ3v) is 4.03. The summed E-state index contributed by atoms with van der Waals surface area (Å²) < 4.78 is 1.83. The van der Waals surface area contributed by atoms with Crippen molar-refractivity contribution in [3.8, 4) is 11.3 Å². The topological polar surface area (TPSA) is 38.1 Å². The normalized spacial score (nSPS) is 12.2. The molecule has 0 fully saturated rings. The quantitative estimate of drug-likeness (QED) is 0.816. The number of carbonyl (C=O) groups is 1. The van der Waals surface area contributed by atoms with Gasteiger partial charge in [-0.15, -0.1) is 0 Å². The van der Waals surface area contributed by atoms with Crippen molar-refractivity contribution < 1.29 is 4.79 Å². The second kappa shape index (κ2) is 7.25. The van der Waals surface area contributed by atoms with E-state index in [2.05, 4.69) is 0 Å². The van der Waals surface area contributed by atoms with Crippen molar-refractivity contribution in [2.75, 3.05) is 13.1 Å². The Hall–Kier alpha value is -2.10. The molecule has 4 nitrogen and oxygen atoms in total. The third-order valence-electron chi connectivity index (χ3n) is 4.03. The van der Waals surface area contributed by atoms with Crippen molar-refractivity contribution in [3.05, 3.63) is 42.1 Å². The first-order valence-corrected chi connectivity index (χ1v) is 8.02. The Bertz CT molecular complexity index is 615. The van der Waals surface area contributed by atoms with E-state index in [1.807, 2.05) is 73.8 Å². The molecule has 2 aromatic rings. The summed E-state index contributed by atoms with van der Waals surface area (Å²) in [6.07, 6.45) is 2.72. The van der Waals surface area contributed by atoms with Crippen molar-refractivity contribution in [1.82, 2.24) is 14.7 Å². The second-order valence-corrected chi connectivity index (χ2v) is 5.44. The largest absolute Gasteiger partial charge is 0.341 e. The molecule has 4 heteroatoms. The number of aryl methyl sites for hydroxylation is 1. The van der Waals surface area contributed by atoms with Crippen LogP contribution in [0.1, 0.15) is 38.8 Å². The molecule has 1 atom stereocenters. The van der Waals surface area contributed by atoms with E-state index in [1.54, 1.807) is 0 Å². The SMILES string of the molecule is CCC(C(=O)N(CC)CC)n1cc(C)c(-c2ccccc2)n1. The number of carbonyl (C=O) groups excluding carboxylic acids is 1. The van der Waals surface area contributed by atoms with Crippen LogP contribution in [0.5, 0.6) is 0 Å². The average molecular weight is 299 g/mol. The maximum absolute atomic E-state index is 12.7. The minimum absolute atomic E-state index is 0.148. The van der Waals surface area contributed by atoms with Crippen LogP contribution in [0.3, 0.4) is 0 Å². The van der Waals surface area contributed by atoms with Gasteiger partial charge >= 0.3 is 0 Å². The molecule has 1 amide bonds. The molecule has 0 N–H and O–H groups in total. The van der Waals surface area contributed by atoms with Gasteiger partial charge in [0.2, 0.25) is 5.91 Å².